The third-order valence-corrected chi connectivity index (χ3v) is 2.67. The number of rotatable bonds is 1. The van der Waals surface area contributed by atoms with Crippen molar-refractivity contribution in [1.29, 1.82) is 0 Å². The Morgan fingerprint density at radius 1 is 1.62 bits per heavy atom. The maximum Gasteiger partial charge on any atom is 0.121 e. The van der Waals surface area contributed by atoms with Crippen molar-refractivity contribution in [2.24, 2.45) is 5.92 Å². The SMILES string of the molecule is C[CH]C1CCC1(Cl)Cl. The van der Waals surface area contributed by atoms with E-state index in [9.17, 15) is 0 Å². The fourth-order valence-electron chi connectivity index (χ4n) is 0.940. The highest BCUT2D eigenvalue weighted by atomic mass is 35.5. The van der Waals surface area contributed by atoms with Gasteiger partial charge in [-0.25, -0.2) is 0 Å². The zero-order chi connectivity index (χ0) is 6.20. The zero-order valence-corrected chi connectivity index (χ0v) is 6.34. The summed E-state index contributed by atoms with van der Waals surface area (Å²) in [7, 11) is 0. The molecule has 1 radical (unpaired) electrons. The first-order chi connectivity index (χ1) is 3.67. The van der Waals surface area contributed by atoms with Crippen LogP contribution in [0.3, 0.4) is 0 Å². The fraction of sp³-hybridized carbons (Fsp3) is 0.833. The Bertz CT molecular complexity index is 86.5. The maximum absolute atomic E-state index is 5.80. The molecule has 0 bridgehead atoms. The van der Waals surface area contributed by atoms with Crippen molar-refractivity contribution in [2.45, 2.75) is 24.1 Å². The van der Waals surface area contributed by atoms with Crippen LogP contribution in [0.15, 0.2) is 0 Å². The minimum atomic E-state index is -0.422. The molecule has 8 heavy (non-hydrogen) atoms. The Kier molecular flexibility index (Phi) is 1.74. The second-order valence-electron chi connectivity index (χ2n) is 2.24. The lowest BCUT2D eigenvalue weighted by molar-refractivity contribution is 0.333. The van der Waals surface area contributed by atoms with E-state index in [-0.39, 0.29) is 0 Å². The van der Waals surface area contributed by atoms with E-state index in [1.54, 1.807) is 0 Å². The average molecular weight is 152 g/mol. The Hall–Kier alpha value is 0.580. The van der Waals surface area contributed by atoms with Crippen LogP contribution < -0.4 is 0 Å². The van der Waals surface area contributed by atoms with Gasteiger partial charge in [-0.15, -0.1) is 23.2 Å². The molecular formula is C6H9Cl2. The lowest BCUT2D eigenvalue weighted by Crippen LogP contribution is -2.36. The van der Waals surface area contributed by atoms with E-state index in [0.29, 0.717) is 5.92 Å². The van der Waals surface area contributed by atoms with Crippen molar-refractivity contribution in [2.75, 3.05) is 0 Å². The van der Waals surface area contributed by atoms with Gasteiger partial charge < -0.3 is 0 Å². The second-order valence-corrected chi connectivity index (χ2v) is 3.78. The van der Waals surface area contributed by atoms with E-state index >= 15 is 0 Å². The van der Waals surface area contributed by atoms with Crippen LogP contribution >= 0.6 is 23.2 Å². The zero-order valence-electron chi connectivity index (χ0n) is 4.82. The van der Waals surface area contributed by atoms with Crippen molar-refractivity contribution in [3.63, 3.8) is 0 Å². The molecule has 1 aliphatic rings. The van der Waals surface area contributed by atoms with E-state index in [1.165, 1.54) is 0 Å². The molecule has 0 N–H and O–H groups in total. The topological polar surface area (TPSA) is 0 Å². The van der Waals surface area contributed by atoms with Crippen LogP contribution in [0.4, 0.5) is 0 Å². The predicted molar refractivity (Wildman–Crippen MR) is 37.1 cm³/mol. The van der Waals surface area contributed by atoms with E-state index < -0.39 is 4.33 Å². The fourth-order valence-corrected chi connectivity index (χ4v) is 1.63. The van der Waals surface area contributed by atoms with Gasteiger partial charge in [0.05, 0.1) is 0 Å². The van der Waals surface area contributed by atoms with Crippen LogP contribution in [-0.4, -0.2) is 4.33 Å². The largest absolute Gasteiger partial charge is 0.121 e. The molecule has 0 aliphatic heterocycles. The molecule has 2 heteroatoms. The quantitative estimate of drug-likeness (QED) is 0.506. The predicted octanol–water partition coefficient (Wildman–Crippen LogP) is 2.79. The molecule has 0 spiro atoms. The normalized spacial score (nSPS) is 34.1. The average Bonchev–Trinajstić information content (AvgIpc) is 1.66. The third kappa shape index (κ3) is 0.964. The summed E-state index contributed by atoms with van der Waals surface area (Å²) in [6.45, 7) is 2.00. The van der Waals surface area contributed by atoms with E-state index in [1.807, 2.05) is 6.92 Å². The first-order valence-corrected chi connectivity index (χ1v) is 3.60. The standard InChI is InChI=1S/C6H9Cl2/c1-2-5-3-4-6(5,7)8/h2,5H,3-4H2,1H3. The van der Waals surface area contributed by atoms with Gasteiger partial charge in [0, 0.05) is 0 Å². The lowest BCUT2D eigenvalue weighted by Gasteiger charge is -2.38. The molecule has 1 fully saturated rings. The highest BCUT2D eigenvalue weighted by Gasteiger charge is 2.42. The van der Waals surface area contributed by atoms with Gasteiger partial charge in [-0.05, 0) is 25.2 Å². The van der Waals surface area contributed by atoms with E-state index in [4.69, 9.17) is 23.2 Å². The first kappa shape index (κ1) is 6.70. The van der Waals surface area contributed by atoms with Crippen molar-refractivity contribution in [3.8, 4) is 0 Å². The number of hydrogen-bond donors (Lipinski definition) is 0. The molecule has 1 aliphatic carbocycles. The van der Waals surface area contributed by atoms with Gasteiger partial charge in [0.2, 0.25) is 0 Å². The summed E-state index contributed by atoms with van der Waals surface area (Å²) in [5.41, 5.74) is 0. The van der Waals surface area contributed by atoms with Gasteiger partial charge in [-0.1, -0.05) is 6.92 Å². The minimum Gasteiger partial charge on any atom is -0.101 e. The van der Waals surface area contributed by atoms with Gasteiger partial charge in [-0.3, -0.25) is 0 Å². The summed E-state index contributed by atoms with van der Waals surface area (Å²) in [5.74, 6) is 0.436. The van der Waals surface area contributed by atoms with Crippen LogP contribution in [-0.2, 0) is 0 Å². The summed E-state index contributed by atoms with van der Waals surface area (Å²) >= 11 is 11.6. The van der Waals surface area contributed by atoms with Crippen molar-refractivity contribution < 1.29 is 0 Å². The van der Waals surface area contributed by atoms with Crippen LogP contribution in [0.25, 0.3) is 0 Å². The lowest BCUT2D eigenvalue weighted by atomic mass is 9.82. The summed E-state index contributed by atoms with van der Waals surface area (Å²) < 4.78 is -0.422. The second kappa shape index (κ2) is 2.07. The Morgan fingerprint density at radius 2 is 2.25 bits per heavy atom. The van der Waals surface area contributed by atoms with Crippen molar-refractivity contribution >= 4 is 23.2 Å². The van der Waals surface area contributed by atoms with Gasteiger partial charge in [0.25, 0.3) is 0 Å². The smallest absolute Gasteiger partial charge is 0.101 e. The van der Waals surface area contributed by atoms with E-state index in [2.05, 4.69) is 6.42 Å². The molecule has 1 rings (SSSR count). The summed E-state index contributed by atoms with van der Waals surface area (Å²) in [4.78, 5) is 0. The minimum absolute atomic E-state index is 0.422. The molecule has 0 nitrogen and oxygen atoms in total. The molecule has 47 valence electrons. The number of alkyl halides is 2. The monoisotopic (exact) mass is 151 g/mol. The van der Waals surface area contributed by atoms with Crippen molar-refractivity contribution in [3.05, 3.63) is 6.42 Å². The highest BCUT2D eigenvalue weighted by Crippen LogP contribution is 2.48. The molecule has 0 heterocycles. The van der Waals surface area contributed by atoms with Crippen LogP contribution in [0.1, 0.15) is 19.8 Å². The number of hydrogen-bond acceptors (Lipinski definition) is 0. The number of halogens is 2. The summed E-state index contributed by atoms with van der Waals surface area (Å²) in [6.07, 6.45) is 4.18. The molecular weight excluding hydrogens is 143 g/mol. The van der Waals surface area contributed by atoms with Crippen LogP contribution in [0.5, 0.6) is 0 Å². The summed E-state index contributed by atoms with van der Waals surface area (Å²) in [6, 6.07) is 0. The molecule has 0 aromatic heterocycles. The van der Waals surface area contributed by atoms with Gasteiger partial charge in [-0.2, -0.15) is 0 Å². The Balaban J connectivity index is 2.37. The van der Waals surface area contributed by atoms with Gasteiger partial charge in [0.1, 0.15) is 4.33 Å². The van der Waals surface area contributed by atoms with E-state index in [0.717, 1.165) is 12.8 Å². The van der Waals surface area contributed by atoms with Gasteiger partial charge >= 0.3 is 0 Å². The Labute approximate surface area is 60.2 Å². The van der Waals surface area contributed by atoms with Gasteiger partial charge in [0.15, 0.2) is 0 Å². The van der Waals surface area contributed by atoms with Crippen LogP contribution in [0, 0.1) is 12.3 Å². The Morgan fingerprint density at radius 3 is 2.25 bits per heavy atom. The molecule has 0 aromatic rings. The van der Waals surface area contributed by atoms with Crippen LogP contribution in [0.2, 0.25) is 0 Å². The molecule has 0 saturated heterocycles. The maximum atomic E-state index is 5.80. The summed E-state index contributed by atoms with van der Waals surface area (Å²) in [5, 5.41) is 0. The molecule has 0 amide bonds. The molecule has 1 atom stereocenters. The molecule has 0 aromatic carbocycles. The van der Waals surface area contributed by atoms with Crippen molar-refractivity contribution in [1.82, 2.24) is 0 Å². The highest BCUT2D eigenvalue weighted by molar-refractivity contribution is 6.49. The third-order valence-electron chi connectivity index (χ3n) is 1.73. The first-order valence-electron chi connectivity index (χ1n) is 2.84. The molecule has 1 saturated carbocycles. The molecule has 1 unspecified atom stereocenters.